The summed E-state index contributed by atoms with van der Waals surface area (Å²) >= 11 is 0. The number of hydrogen-bond acceptors (Lipinski definition) is 3. The van der Waals surface area contributed by atoms with Crippen LogP contribution in [-0.4, -0.2) is 13.7 Å². The minimum absolute atomic E-state index is 0.00372. The van der Waals surface area contributed by atoms with Crippen molar-refractivity contribution in [3.63, 3.8) is 0 Å². The fraction of sp³-hybridized carbons (Fsp3) is 0.240. The number of hydrogen-bond donors (Lipinski definition) is 0. The zero-order valence-electron chi connectivity index (χ0n) is 18.3. The third kappa shape index (κ3) is 3.28. The molecule has 2 aromatic heterocycles. The maximum atomic E-state index is 13.2. The van der Waals surface area contributed by atoms with E-state index in [0.29, 0.717) is 22.2 Å². The van der Waals surface area contributed by atoms with Gasteiger partial charge < -0.3 is 4.57 Å². The van der Waals surface area contributed by atoms with Gasteiger partial charge in [-0.05, 0) is 34.7 Å². The average Bonchev–Trinajstić information content (AvgIpc) is 3.16. The van der Waals surface area contributed by atoms with E-state index in [9.17, 15) is 14.9 Å². The first kappa shape index (κ1) is 20.4. The fourth-order valence-corrected chi connectivity index (χ4v) is 3.88. The van der Waals surface area contributed by atoms with E-state index in [2.05, 4.69) is 39.0 Å². The number of nitrogens with zero attached hydrogens (tertiary/aromatic N) is 4. The Hall–Kier alpha value is -3.85. The van der Waals surface area contributed by atoms with Gasteiger partial charge in [-0.1, -0.05) is 51.1 Å². The molecule has 0 bridgehead atoms. The number of rotatable bonds is 2. The minimum Gasteiger partial charge on any atom is -0.314 e. The van der Waals surface area contributed by atoms with Gasteiger partial charge in [-0.15, -0.1) is 0 Å². The summed E-state index contributed by atoms with van der Waals surface area (Å²) < 4.78 is 4.50. The first-order valence-electron chi connectivity index (χ1n) is 10.1. The lowest BCUT2D eigenvalue weighted by Gasteiger charge is -2.19. The molecule has 0 radical (unpaired) electrons. The first-order chi connectivity index (χ1) is 14.6. The highest BCUT2D eigenvalue weighted by molar-refractivity contribution is 5.94. The van der Waals surface area contributed by atoms with Crippen LogP contribution in [0.4, 0.5) is 0 Å². The fourth-order valence-electron chi connectivity index (χ4n) is 3.88. The lowest BCUT2D eigenvalue weighted by molar-refractivity contribution is 0.590. The van der Waals surface area contributed by atoms with Gasteiger partial charge in [0, 0.05) is 26.0 Å². The van der Waals surface area contributed by atoms with Crippen LogP contribution in [0, 0.1) is 11.3 Å². The van der Waals surface area contributed by atoms with Crippen LogP contribution >= 0.6 is 0 Å². The van der Waals surface area contributed by atoms with Gasteiger partial charge in [0.25, 0.3) is 5.56 Å². The van der Waals surface area contributed by atoms with Crippen molar-refractivity contribution in [3.05, 3.63) is 86.7 Å². The summed E-state index contributed by atoms with van der Waals surface area (Å²) in [4.78, 5) is 25.7. The van der Waals surface area contributed by atoms with Crippen molar-refractivity contribution < 1.29 is 0 Å². The highest BCUT2D eigenvalue weighted by atomic mass is 16.2. The SMILES string of the molecule is Cn1c(=O)c2c(-c3ccc(C(C)(C)C)cc3)n(-c3cccc(C#N)c3)cc2n(C)c1=O. The maximum absolute atomic E-state index is 13.2. The first-order valence-corrected chi connectivity index (χ1v) is 10.1. The third-order valence-electron chi connectivity index (χ3n) is 5.72. The second kappa shape index (κ2) is 7.13. The molecule has 0 saturated carbocycles. The van der Waals surface area contributed by atoms with Gasteiger partial charge in [-0.2, -0.15) is 5.26 Å². The van der Waals surface area contributed by atoms with E-state index in [1.54, 1.807) is 25.4 Å². The lowest BCUT2D eigenvalue weighted by Crippen LogP contribution is -2.36. The molecule has 6 heteroatoms. The van der Waals surface area contributed by atoms with Crippen LogP contribution < -0.4 is 11.2 Å². The van der Waals surface area contributed by atoms with Crippen LogP contribution in [0.5, 0.6) is 0 Å². The Labute approximate surface area is 180 Å². The van der Waals surface area contributed by atoms with E-state index < -0.39 is 0 Å². The van der Waals surface area contributed by atoms with Crippen molar-refractivity contribution in [2.75, 3.05) is 0 Å². The molecule has 0 fully saturated rings. The summed E-state index contributed by atoms with van der Waals surface area (Å²) in [6, 6.07) is 17.5. The maximum Gasteiger partial charge on any atom is 0.330 e. The van der Waals surface area contributed by atoms with E-state index in [1.165, 1.54) is 17.2 Å². The number of benzene rings is 2. The standard InChI is InChI=1S/C25H24N4O2/c1-25(2,3)18-11-9-17(10-12-18)22-21-20(27(4)24(31)28(5)23(21)30)15-29(22)19-8-6-7-16(13-19)14-26/h6-13,15H,1-5H3. The van der Waals surface area contributed by atoms with E-state index >= 15 is 0 Å². The second-order valence-electron chi connectivity index (χ2n) is 8.80. The summed E-state index contributed by atoms with van der Waals surface area (Å²) in [5.41, 5.74) is 3.84. The second-order valence-corrected chi connectivity index (χ2v) is 8.80. The Morgan fingerprint density at radius 1 is 0.935 bits per heavy atom. The molecule has 0 spiro atoms. The molecule has 4 rings (SSSR count). The molecule has 31 heavy (non-hydrogen) atoms. The molecular formula is C25H24N4O2. The van der Waals surface area contributed by atoms with Crippen molar-refractivity contribution in [2.24, 2.45) is 14.1 Å². The van der Waals surface area contributed by atoms with Crippen molar-refractivity contribution in [3.8, 4) is 23.0 Å². The third-order valence-corrected chi connectivity index (χ3v) is 5.72. The van der Waals surface area contributed by atoms with Crippen molar-refractivity contribution >= 4 is 10.9 Å². The largest absolute Gasteiger partial charge is 0.330 e. The van der Waals surface area contributed by atoms with Crippen LogP contribution in [0.25, 0.3) is 27.8 Å². The van der Waals surface area contributed by atoms with Crippen molar-refractivity contribution in [1.82, 2.24) is 13.7 Å². The quantitative estimate of drug-likeness (QED) is 0.502. The summed E-state index contributed by atoms with van der Waals surface area (Å²) in [6.45, 7) is 6.46. The molecule has 0 aliphatic heterocycles. The topological polar surface area (TPSA) is 72.7 Å². The minimum atomic E-state index is -0.380. The molecule has 0 aliphatic rings. The molecule has 0 N–H and O–H groups in total. The van der Waals surface area contributed by atoms with E-state index in [-0.39, 0.29) is 16.7 Å². The summed E-state index contributed by atoms with van der Waals surface area (Å²) in [5, 5.41) is 9.81. The van der Waals surface area contributed by atoms with Crippen LogP contribution in [0.3, 0.4) is 0 Å². The van der Waals surface area contributed by atoms with Gasteiger partial charge in [0.15, 0.2) is 0 Å². The summed E-state index contributed by atoms with van der Waals surface area (Å²) in [6.07, 6.45) is 1.79. The van der Waals surface area contributed by atoms with Gasteiger partial charge in [-0.25, -0.2) is 4.79 Å². The smallest absolute Gasteiger partial charge is 0.314 e. The number of aromatic nitrogens is 3. The van der Waals surface area contributed by atoms with E-state index in [4.69, 9.17) is 0 Å². The van der Waals surface area contributed by atoms with Gasteiger partial charge >= 0.3 is 5.69 Å². The van der Waals surface area contributed by atoms with E-state index in [0.717, 1.165) is 15.8 Å². The molecule has 156 valence electrons. The molecule has 0 amide bonds. The summed E-state index contributed by atoms with van der Waals surface area (Å²) in [7, 11) is 3.15. The van der Waals surface area contributed by atoms with Gasteiger partial charge in [0.2, 0.25) is 0 Å². The molecule has 4 aromatic rings. The molecule has 2 heterocycles. The molecule has 0 saturated heterocycles. The van der Waals surface area contributed by atoms with Crippen LogP contribution in [-0.2, 0) is 19.5 Å². The number of nitriles is 1. The van der Waals surface area contributed by atoms with Crippen LogP contribution in [0.2, 0.25) is 0 Å². The molecule has 0 unspecified atom stereocenters. The Morgan fingerprint density at radius 2 is 1.61 bits per heavy atom. The van der Waals surface area contributed by atoms with Crippen LogP contribution in [0.1, 0.15) is 31.9 Å². The average molecular weight is 412 g/mol. The zero-order chi connectivity index (χ0) is 22.5. The molecule has 0 atom stereocenters. The molecule has 6 nitrogen and oxygen atoms in total. The normalized spacial score (nSPS) is 11.6. The Balaban J connectivity index is 2.12. The predicted octanol–water partition coefficient (Wildman–Crippen LogP) is 3.86. The number of aryl methyl sites for hydroxylation is 1. The van der Waals surface area contributed by atoms with E-state index in [1.807, 2.05) is 28.8 Å². The molecule has 0 aliphatic carbocycles. The Bertz CT molecular complexity index is 1470. The van der Waals surface area contributed by atoms with Gasteiger partial charge in [-0.3, -0.25) is 13.9 Å². The molecular weight excluding hydrogens is 388 g/mol. The lowest BCUT2D eigenvalue weighted by atomic mass is 9.86. The van der Waals surface area contributed by atoms with Crippen LogP contribution in [0.15, 0.2) is 64.3 Å². The van der Waals surface area contributed by atoms with Crippen molar-refractivity contribution in [2.45, 2.75) is 26.2 Å². The van der Waals surface area contributed by atoms with Crippen molar-refractivity contribution in [1.29, 1.82) is 5.26 Å². The predicted molar refractivity (Wildman–Crippen MR) is 123 cm³/mol. The molecule has 2 aromatic carbocycles. The van der Waals surface area contributed by atoms with Gasteiger partial charge in [0.1, 0.15) is 0 Å². The highest BCUT2D eigenvalue weighted by Crippen LogP contribution is 2.32. The Morgan fingerprint density at radius 3 is 2.23 bits per heavy atom. The van der Waals surface area contributed by atoms with Gasteiger partial charge in [0.05, 0.1) is 28.2 Å². The number of fused-ring (bicyclic) bond motifs is 1. The Kier molecular flexibility index (Phi) is 4.70. The summed E-state index contributed by atoms with van der Waals surface area (Å²) in [5.74, 6) is 0. The zero-order valence-corrected chi connectivity index (χ0v) is 18.3. The highest BCUT2D eigenvalue weighted by Gasteiger charge is 2.21. The monoisotopic (exact) mass is 412 g/mol.